The Morgan fingerprint density at radius 3 is 2.21 bits per heavy atom. The number of imidazole rings is 1. The normalized spacial score (nSPS) is 11.1. The summed E-state index contributed by atoms with van der Waals surface area (Å²) < 4.78 is 15.7. The number of rotatable bonds is 7. The molecule has 0 aliphatic carbocycles. The molecule has 0 atom stereocenters. The average Bonchev–Trinajstić information content (AvgIpc) is 3.17. The molecule has 3 aromatic carbocycles. The van der Waals surface area contributed by atoms with Crippen molar-refractivity contribution in [2.75, 3.05) is 0 Å². The van der Waals surface area contributed by atoms with Gasteiger partial charge in [-0.15, -0.1) is 0 Å². The Balaban J connectivity index is 1.71. The molecular formula is C28H22FN3O2. The number of carboxylic acids is 1. The lowest BCUT2D eigenvalue weighted by molar-refractivity contribution is -0.136. The van der Waals surface area contributed by atoms with Gasteiger partial charge in [0.05, 0.1) is 29.2 Å². The van der Waals surface area contributed by atoms with Crippen LogP contribution >= 0.6 is 0 Å². The minimum atomic E-state index is -0.930. The molecule has 5 nitrogen and oxygen atoms in total. The Kier molecular flexibility index (Phi) is 5.87. The van der Waals surface area contributed by atoms with Gasteiger partial charge in [0.2, 0.25) is 0 Å². The minimum absolute atomic E-state index is 0.166. The van der Waals surface area contributed by atoms with Crippen molar-refractivity contribution in [1.82, 2.24) is 14.4 Å². The van der Waals surface area contributed by atoms with E-state index in [0.717, 1.165) is 16.7 Å². The molecule has 0 radical (unpaired) electrons. The second-order valence-electron chi connectivity index (χ2n) is 8.18. The average molecular weight is 452 g/mol. The summed E-state index contributed by atoms with van der Waals surface area (Å²) in [7, 11) is 0. The molecule has 2 heterocycles. The molecule has 34 heavy (non-hydrogen) atoms. The number of benzene rings is 3. The van der Waals surface area contributed by atoms with Gasteiger partial charge in [0.25, 0.3) is 0 Å². The van der Waals surface area contributed by atoms with Gasteiger partial charge >= 0.3 is 5.97 Å². The smallest absolute Gasteiger partial charge is 0.309 e. The number of nitrogens with zero attached hydrogens (tertiary/aromatic N) is 3. The largest absolute Gasteiger partial charge is 0.481 e. The Hall–Kier alpha value is -4.32. The van der Waals surface area contributed by atoms with Crippen molar-refractivity contribution in [2.24, 2.45) is 0 Å². The van der Waals surface area contributed by atoms with E-state index in [2.05, 4.69) is 0 Å². The molecule has 6 heteroatoms. The van der Waals surface area contributed by atoms with Crippen molar-refractivity contribution in [1.29, 1.82) is 0 Å². The van der Waals surface area contributed by atoms with Gasteiger partial charge in [0, 0.05) is 24.6 Å². The van der Waals surface area contributed by atoms with Crippen LogP contribution in [0, 0.1) is 5.82 Å². The molecule has 0 saturated carbocycles. The molecule has 0 aliphatic rings. The van der Waals surface area contributed by atoms with Crippen LogP contribution in [0.4, 0.5) is 4.39 Å². The molecule has 0 amide bonds. The predicted molar refractivity (Wildman–Crippen MR) is 128 cm³/mol. The number of hydrogen-bond donors (Lipinski definition) is 1. The van der Waals surface area contributed by atoms with E-state index in [1.807, 2.05) is 77.3 Å². The number of carbonyl (C=O) groups is 1. The van der Waals surface area contributed by atoms with E-state index >= 15 is 0 Å². The maximum Gasteiger partial charge on any atom is 0.309 e. The standard InChI is InChI=1S/C28H22FN3O2/c29-22-13-7-10-20(14-22)16-24-28-31-23(15-19-8-3-1-4-9-19)26(17-27(33)34)32(28)18-25(30-24)21-11-5-2-6-12-21/h1-14,18H,15-17H2,(H,33,34). The maximum atomic E-state index is 13.9. The molecule has 5 aromatic rings. The van der Waals surface area contributed by atoms with E-state index in [4.69, 9.17) is 9.97 Å². The van der Waals surface area contributed by atoms with Gasteiger partial charge < -0.3 is 5.11 Å². The summed E-state index contributed by atoms with van der Waals surface area (Å²) in [6.45, 7) is 0. The Morgan fingerprint density at radius 2 is 1.50 bits per heavy atom. The monoisotopic (exact) mass is 451 g/mol. The second-order valence-corrected chi connectivity index (χ2v) is 8.18. The van der Waals surface area contributed by atoms with E-state index in [1.165, 1.54) is 12.1 Å². The van der Waals surface area contributed by atoms with Crippen molar-refractivity contribution in [3.8, 4) is 11.3 Å². The van der Waals surface area contributed by atoms with Crippen LogP contribution in [0.5, 0.6) is 0 Å². The number of hydrogen-bond acceptors (Lipinski definition) is 3. The lowest BCUT2D eigenvalue weighted by Gasteiger charge is -2.10. The molecule has 0 saturated heterocycles. The molecule has 0 unspecified atom stereocenters. The van der Waals surface area contributed by atoms with Gasteiger partial charge in [-0.1, -0.05) is 72.8 Å². The zero-order valence-corrected chi connectivity index (χ0v) is 18.4. The Labute approximate surface area is 196 Å². The third kappa shape index (κ3) is 4.57. The number of halogens is 1. The number of aliphatic carboxylic acids is 1. The molecule has 0 fully saturated rings. The summed E-state index contributed by atoms with van der Waals surface area (Å²) >= 11 is 0. The molecule has 0 bridgehead atoms. The van der Waals surface area contributed by atoms with Crippen LogP contribution in [-0.4, -0.2) is 25.4 Å². The zero-order chi connectivity index (χ0) is 23.5. The summed E-state index contributed by atoms with van der Waals surface area (Å²) in [5.41, 5.74) is 5.99. The number of carboxylic acid groups (broad SMARTS) is 1. The first kappa shape index (κ1) is 21.5. The summed E-state index contributed by atoms with van der Waals surface area (Å²) in [5.74, 6) is -1.24. The maximum absolute atomic E-state index is 13.9. The minimum Gasteiger partial charge on any atom is -0.481 e. The van der Waals surface area contributed by atoms with Crippen molar-refractivity contribution < 1.29 is 14.3 Å². The molecule has 2 aromatic heterocycles. The molecular weight excluding hydrogens is 429 g/mol. The Morgan fingerprint density at radius 1 is 0.824 bits per heavy atom. The highest BCUT2D eigenvalue weighted by atomic mass is 19.1. The highest BCUT2D eigenvalue weighted by Gasteiger charge is 2.20. The highest BCUT2D eigenvalue weighted by molar-refractivity contribution is 5.71. The Bertz CT molecular complexity index is 1460. The van der Waals surface area contributed by atoms with Crippen molar-refractivity contribution in [3.63, 3.8) is 0 Å². The van der Waals surface area contributed by atoms with Gasteiger partial charge in [0.15, 0.2) is 5.65 Å². The second kappa shape index (κ2) is 9.27. The molecule has 1 N–H and O–H groups in total. The first-order valence-electron chi connectivity index (χ1n) is 11.0. The summed E-state index contributed by atoms with van der Waals surface area (Å²) in [5, 5.41) is 9.66. The van der Waals surface area contributed by atoms with E-state index in [0.29, 0.717) is 41.3 Å². The van der Waals surface area contributed by atoms with Gasteiger partial charge in [0.1, 0.15) is 5.82 Å². The van der Waals surface area contributed by atoms with Crippen LogP contribution in [0.25, 0.3) is 16.9 Å². The zero-order valence-electron chi connectivity index (χ0n) is 18.4. The number of aromatic nitrogens is 3. The summed E-state index contributed by atoms with van der Waals surface area (Å²) in [6, 6.07) is 26.0. The fraction of sp³-hybridized carbons (Fsp3) is 0.107. The quantitative estimate of drug-likeness (QED) is 0.363. The molecule has 0 spiro atoms. The van der Waals surface area contributed by atoms with Gasteiger partial charge in [-0.2, -0.15) is 0 Å². The van der Waals surface area contributed by atoms with Gasteiger partial charge in [-0.25, -0.2) is 14.4 Å². The van der Waals surface area contributed by atoms with Crippen LogP contribution < -0.4 is 0 Å². The van der Waals surface area contributed by atoms with E-state index in [-0.39, 0.29) is 12.2 Å². The topological polar surface area (TPSA) is 67.5 Å². The van der Waals surface area contributed by atoms with Gasteiger partial charge in [-0.3, -0.25) is 9.20 Å². The van der Waals surface area contributed by atoms with E-state index in [9.17, 15) is 14.3 Å². The lowest BCUT2D eigenvalue weighted by atomic mass is 10.1. The van der Waals surface area contributed by atoms with Crippen LogP contribution in [-0.2, 0) is 24.1 Å². The SMILES string of the molecule is O=C(O)Cc1c(Cc2ccccc2)nc2c(Cc3cccc(F)c3)nc(-c3ccccc3)cn12. The van der Waals surface area contributed by atoms with Crippen LogP contribution in [0.3, 0.4) is 0 Å². The van der Waals surface area contributed by atoms with Gasteiger partial charge in [-0.05, 0) is 23.3 Å². The molecule has 0 aliphatic heterocycles. The van der Waals surface area contributed by atoms with Crippen LogP contribution in [0.1, 0.15) is 28.2 Å². The fourth-order valence-corrected chi connectivity index (χ4v) is 4.17. The summed E-state index contributed by atoms with van der Waals surface area (Å²) in [6.07, 6.45) is 2.56. The van der Waals surface area contributed by atoms with Crippen LogP contribution in [0.2, 0.25) is 0 Å². The highest BCUT2D eigenvalue weighted by Crippen LogP contribution is 2.25. The first-order chi connectivity index (χ1) is 16.6. The third-order valence-electron chi connectivity index (χ3n) is 5.72. The van der Waals surface area contributed by atoms with Crippen molar-refractivity contribution >= 4 is 11.6 Å². The van der Waals surface area contributed by atoms with Crippen LogP contribution in [0.15, 0.2) is 91.1 Å². The molecule has 168 valence electrons. The molecule has 5 rings (SSSR count). The predicted octanol–water partition coefficient (Wildman–Crippen LogP) is 5.34. The third-order valence-corrected chi connectivity index (χ3v) is 5.72. The number of fused-ring (bicyclic) bond motifs is 1. The lowest BCUT2D eigenvalue weighted by Crippen LogP contribution is -2.08. The van der Waals surface area contributed by atoms with E-state index in [1.54, 1.807) is 6.07 Å². The first-order valence-corrected chi connectivity index (χ1v) is 11.0. The van der Waals surface area contributed by atoms with E-state index < -0.39 is 5.97 Å². The van der Waals surface area contributed by atoms with Crippen molar-refractivity contribution in [2.45, 2.75) is 19.3 Å². The fourth-order valence-electron chi connectivity index (χ4n) is 4.17. The summed E-state index contributed by atoms with van der Waals surface area (Å²) in [4.78, 5) is 21.5. The van der Waals surface area contributed by atoms with Crippen molar-refractivity contribution in [3.05, 3.63) is 125 Å².